The molecule has 0 unspecified atom stereocenters. The van der Waals surface area contributed by atoms with E-state index in [0.717, 1.165) is 0 Å². The molecule has 1 aromatic carbocycles. The topological polar surface area (TPSA) is 33.6 Å². The molecule has 90 valence electrons. The molecule has 0 spiro atoms. The molecule has 0 bridgehead atoms. The minimum atomic E-state index is -0.464. The minimum Gasteiger partial charge on any atom is -0.298 e. The zero-order valence-corrected chi connectivity index (χ0v) is 10.9. The van der Waals surface area contributed by atoms with Gasteiger partial charge in [-0.3, -0.25) is 9.67 Å². The molecular formula is C11H11ClFN3S. The Labute approximate surface area is 108 Å². The highest BCUT2D eigenvalue weighted by atomic mass is 35.5. The van der Waals surface area contributed by atoms with Crippen molar-refractivity contribution in [2.45, 2.75) is 19.9 Å². The van der Waals surface area contributed by atoms with Crippen LogP contribution < -0.4 is 0 Å². The molecular weight excluding hydrogens is 261 g/mol. The standard InChI is InChI=1S/C11H11ClFN3S/c1-6(2)16-10(14-15-11(16)17)7-4-3-5-8(13)9(7)12/h3-6H,1-2H3,(H,15,17). The van der Waals surface area contributed by atoms with Crippen LogP contribution in [0.15, 0.2) is 18.2 Å². The highest BCUT2D eigenvalue weighted by Crippen LogP contribution is 2.29. The molecule has 0 aliphatic rings. The van der Waals surface area contributed by atoms with Gasteiger partial charge in [0.2, 0.25) is 0 Å². The third-order valence-corrected chi connectivity index (χ3v) is 3.09. The lowest BCUT2D eigenvalue weighted by atomic mass is 10.2. The van der Waals surface area contributed by atoms with Crippen LogP contribution in [0, 0.1) is 10.6 Å². The lowest BCUT2D eigenvalue weighted by Crippen LogP contribution is -2.03. The molecule has 0 amide bonds. The summed E-state index contributed by atoms with van der Waals surface area (Å²) in [5.74, 6) is 0.0860. The van der Waals surface area contributed by atoms with Crippen molar-refractivity contribution in [3.8, 4) is 11.4 Å². The highest BCUT2D eigenvalue weighted by Gasteiger charge is 2.16. The summed E-state index contributed by atoms with van der Waals surface area (Å²) in [6.07, 6.45) is 0. The smallest absolute Gasteiger partial charge is 0.195 e. The molecule has 0 radical (unpaired) electrons. The molecule has 1 aromatic heterocycles. The van der Waals surface area contributed by atoms with Crippen molar-refractivity contribution in [2.24, 2.45) is 0 Å². The van der Waals surface area contributed by atoms with Gasteiger partial charge in [0.05, 0.1) is 5.02 Å². The lowest BCUT2D eigenvalue weighted by Gasteiger charge is -2.11. The molecule has 0 aliphatic heterocycles. The average molecular weight is 272 g/mol. The number of nitrogens with zero attached hydrogens (tertiary/aromatic N) is 2. The number of halogens is 2. The van der Waals surface area contributed by atoms with Crippen LogP contribution in [-0.4, -0.2) is 14.8 Å². The second kappa shape index (κ2) is 4.58. The molecule has 0 saturated heterocycles. The Morgan fingerprint density at radius 3 is 2.82 bits per heavy atom. The van der Waals surface area contributed by atoms with E-state index in [4.69, 9.17) is 23.8 Å². The normalized spacial score (nSPS) is 11.1. The highest BCUT2D eigenvalue weighted by molar-refractivity contribution is 7.71. The zero-order valence-electron chi connectivity index (χ0n) is 9.37. The molecule has 0 atom stereocenters. The van der Waals surface area contributed by atoms with Crippen molar-refractivity contribution >= 4 is 23.8 Å². The van der Waals surface area contributed by atoms with Crippen LogP contribution >= 0.6 is 23.8 Å². The molecule has 2 aromatic rings. The van der Waals surface area contributed by atoms with E-state index in [-0.39, 0.29) is 11.1 Å². The summed E-state index contributed by atoms with van der Waals surface area (Å²) in [5, 5.41) is 6.86. The van der Waals surface area contributed by atoms with Crippen LogP contribution in [0.3, 0.4) is 0 Å². The molecule has 0 aliphatic carbocycles. The predicted molar refractivity (Wildman–Crippen MR) is 68.2 cm³/mol. The first-order chi connectivity index (χ1) is 8.02. The van der Waals surface area contributed by atoms with E-state index < -0.39 is 5.82 Å². The van der Waals surface area contributed by atoms with Gasteiger partial charge in [0, 0.05) is 11.6 Å². The number of hydrogen-bond donors (Lipinski definition) is 1. The van der Waals surface area contributed by atoms with Crippen molar-refractivity contribution in [3.63, 3.8) is 0 Å². The van der Waals surface area contributed by atoms with Crippen molar-refractivity contribution in [2.75, 3.05) is 0 Å². The van der Waals surface area contributed by atoms with Crippen molar-refractivity contribution in [3.05, 3.63) is 33.8 Å². The van der Waals surface area contributed by atoms with Crippen LogP contribution in [0.1, 0.15) is 19.9 Å². The van der Waals surface area contributed by atoms with E-state index in [1.165, 1.54) is 6.07 Å². The molecule has 2 rings (SSSR count). The first-order valence-electron chi connectivity index (χ1n) is 5.13. The van der Waals surface area contributed by atoms with Crippen molar-refractivity contribution in [1.82, 2.24) is 14.8 Å². The Balaban J connectivity index is 2.69. The third kappa shape index (κ3) is 2.12. The second-order valence-electron chi connectivity index (χ2n) is 3.92. The van der Waals surface area contributed by atoms with Gasteiger partial charge in [-0.25, -0.2) is 4.39 Å². The fraction of sp³-hybridized carbons (Fsp3) is 0.273. The largest absolute Gasteiger partial charge is 0.298 e. The average Bonchev–Trinajstić information content (AvgIpc) is 2.64. The fourth-order valence-corrected chi connectivity index (χ4v) is 2.20. The molecule has 17 heavy (non-hydrogen) atoms. The number of nitrogens with one attached hydrogen (secondary N) is 1. The molecule has 1 heterocycles. The van der Waals surface area contributed by atoms with Gasteiger partial charge in [-0.15, -0.1) is 0 Å². The van der Waals surface area contributed by atoms with E-state index in [1.54, 1.807) is 16.7 Å². The maximum absolute atomic E-state index is 13.4. The van der Waals surface area contributed by atoms with Crippen LogP contribution in [0.4, 0.5) is 4.39 Å². The Morgan fingerprint density at radius 2 is 2.18 bits per heavy atom. The summed E-state index contributed by atoms with van der Waals surface area (Å²) in [5.41, 5.74) is 0.535. The van der Waals surface area contributed by atoms with Gasteiger partial charge in [-0.1, -0.05) is 17.7 Å². The molecule has 0 fully saturated rings. The van der Waals surface area contributed by atoms with E-state index in [2.05, 4.69) is 10.2 Å². The quantitative estimate of drug-likeness (QED) is 0.838. The van der Waals surface area contributed by atoms with Crippen LogP contribution in [0.5, 0.6) is 0 Å². The van der Waals surface area contributed by atoms with Gasteiger partial charge in [0.15, 0.2) is 10.6 Å². The van der Waals surface area contributed by atoms with Gasteiger partial charge in [-0.05, 0) is 38.2 Å². The van der Waals surface area contributed by atoms with Crippen LogP contribution in [0.2, 0.25) is 5.02 Å². The van der Waals surface area contributed by atoms with Gasteiger partial charge < -0.3 is 0 Å². The van der Waals surface area contributed by atoms with Crippen molar-refractivity contribution < 1.29 is 4.39 Å². The number of benzene rings is 1. The van der Waals surface area contributed by atoms with Gasteiger partial charge in [0.25, 0.3) is 0 Å². The van der Waals surface area contributed by atoms with Crippen LogP contribution in [0.25, 0.3) is 11.4 Å². The molecule has 6 heteroatoms. The maximum atomic E-state index is 13.4. The summed E-state index contributed by atoms with van der Waals surface area (Å²) in [6.45, 7) is 3.95. The first kappa shape index (κ1) is 12.3. The lowest BCUT2D eigenvalue weighted by molar-refractivity contribution is 0.595. The number of rotatable bonds is 2. The second-order valence-corrected chi connectivity index (χ2v) is 4.68. The summed E-state index contributed by atoms with van der Waals surface area (Å²) < 4.78 is 15.7. The van der Waals surface area contributed by atoms with Gasteiger partial charge in [-0.2, -0.15) is 5.10 Å². The van der Waals surface area contributed by atoms with Gasteiger partial charge >= 0.3 is 0 Å². The van der Waals surface area contributed by atoms with Gasteiger partial charge in [0.1, 0.15) is 5.82 Å². The summed E-state index contributed by atoms with van der Waals surface area (Å²) in [4.78, 5) is 0. The summed E-state index contributed by atoms with van der Waals surface area (Å²) in [6, 6.07) is 4.75. The summed E-state index contributed by atoms with van der Waals surface area (Å²) >= 11 is 11.1. The molecule has 3 nitrogen and oxygen atoms in total. The minimum absolute atomic E-state index is 0.0587. The monoisotopic (exact) mass is 271 g/mol. The van der Waals surface area contributed by atoms with E-state index in [9.17, 15) is 4.39 Å². The number of aromatic nitrogens is 3. The van der Waals surface area contributed by atoms with E-state index in [1.807, 2.05) is 13.8 Å². The van der Waals surface area contributed by atoms with E-state index in [0.29, 0.717) is 16.2 Å². The van der Waals surface area contributed by atoms with E-state index >= 15 is 0 Å². The zero-order chi connectivity index (χ0) is 12.6. The fourth-order valence-electron chi connectivity index (χ4n) is 1.65. The first-order valence-corrected chi connectivity index (χ1v) is 5.92. The molecule has 1 N–H and O–H groups in total. The molecule has 0 saturated carbocycles. The van der Waals surface area contributed by atoms with Crippen molar-refractivity contribution in [1.29, 1.82) is 0 Å². The summed E-state index contributed by atoms with van der Waals surface area (Å²) in [7, 11) is 0. The maximum Gasteiger partial charge on any atom is 0.195 e. The number of aromatic amines is 1. The predicted octanol–water partition coefficient (Wildman–Crippen LogP) is 3.98. The SMILES string of the molecule is CC(C)n1c(-c2cccc(F)c2Cl)n[nH]c1=S. The Bertz CT molecular complexity index is 603. The number of H-pyrrole nitrogens is 1. The number of hydrogen-bond acceptors (Lipinski definition) is 2. The Kier molecular flexibility index (Phi) is 3.31. The Hall–Kier alpha value is -1.20. The van der Waals surface area contributed by atoms with Crippen LogP contribution in [-0.2, 0) is 0 Å². The third-order valence-electron chi connectivity index (χ3n) is 2.41. The Morgan fingerprint density at radius 1 is 1.47 bits per heavy atom.